The summed E-state index contributed by atoms with van der Waals surface area (Å²) in [6, 6.07) is 7.15. The highest BCUT2D eigenvalue weighted by Crippen LogP contribution is 2.31. The molecule has 0 unspecified atom stereocenters. The molecule has 1 aromatic heterocycles. The molecule has 1 saturated heterocycles. The number of aromatic nitrogens is 1. The van der Waals surface area contributed by atoms with E-state index in [0.29, 0.717) is 48.4 Å². The number of methoxy groups -OCH3 is 1. The van der Waals surface area contributed by atoms with Gasteiger partial charge in [-0.3, -0.25) is 4.79 Å². The summed E-state index contributed by atoms with van der Waals surface area (Å²) in [4.78, 5) is 14.9. The molecule has 134 valence electrons. The van der Waals surface area contributed by atoms with Crippen molar-refractivity contribution in [1.82, 2.24) is 15.4 Å². The number of amides is 1. The summed E-state index contributed by atoms with van der Waals surface area (Å²) < 4.78 is 10.6. The number of anilines is 1. The Morgan fingerprint density at radius 3 is 2.76 bits per heavy atom. The minimum absolute atomic E-state index is 0.0902. The maximum Gasteiger partial charge on any atom is 0.261 e. The summed E-state index contributed by atoms with van der Waals surface area (Å²) in [5, 5.41) is 11.0. The average molecular weight is 365 g/mol. The van der Waals surface area contributed by atoms with E-state index in [0.717, 1.165) is 18.7 Å². The summed E-state index contributed by atoms with van der Waals surface area (Å²) in [5.41, 5.74) is 1.20. The molecule has 0 atom stereocenters. The van der Waals surface area contributed by atoms with Crippen molar-refractivity contribution in [2.45, 2.75) is 0 Å². The molecule has 0 aliphatic carbocycles. The lowest BCUT2D eigenvalue weighted by molar-refractivity contribution is 0.0737. The molecule has 25 heavy (non-hydrogen) atoms. The first kappa shape index (κ1) is 17.7. The Hall–Kier alpha value is -2.09. The zero-order valence-corrected chi connectivity index (χ0v) is 14.8. The molecule has 1 aromatic carbocycles. The van der Waals surface area contributed by atoms with E-state index in [1.54, 1.807) is 19.2 Å². The Bertz CT molecular complexity index is 711. The van der Waals surface area contributed by atoms with Gasteiger partial charge in [-0.2, -0.15) is 0 Å². The highest BCUT2D eigenvalue weighted by molar-refractivity contribution is 6.30. The summed E-state index contributed by atoms with van der Waals surface area (Å²) >= 11 is 5.96. The van der Waals surface area contributed by atoms with Crippen molar-refractivity contribution >= 4 is 23.3 Å². The van der Waals surface area contributed by atoms with Crippen LogP contribution in [-0.4, -0.2) is 62.4 Å². The molecule has 2 aromatic rings. The van der Waals surface area contributed by atoms with Gasteiger partial charge in [-0.25, -0.2) is 0 Å². The van der Waals surface area contributed by atoms with Crippen LogP contribution in [0.4, 0.5) is 5.82 Å². The van der Waals surface area contributed by atoms with Crippen LogP contribution >= 0.6 is 11.6 Å². The number of piperazine rings is 1. The lowest BCUT2D eigenvalue weighted by Gasteiger charge is -2.27. The normalized spacial score (nSPS) is 14.6. The van der Waals surface area contributed by atoms with Crippen molar-refractivity contribution in [3.63, 3.8) is 0 Å². The van der Waals surface area contributed by atoms with Crippen LogP contribution in [0.25, 0.3) is 11.3 Å². The second-order valence-electron chi connectivity index (χ2n) is 5.70. The van der Waals surface area contributed by atoms with Gasteiger partial charge in [0.05, 0.1) is 6.61 Å². The van der Waals surface area contributed by atoms with Crippen LogP contribution in [0, 0.1) is 0 Å². The second kappa shape index (κ2) is 8.33. The summed E-state index contributed by atoms with van der Waals surface area (Å²) in [5.74, 6) is 0.790. The molecule has 1 fully saturated rings. The van der Waals surface area contributed by atoms with Gasteiger partial charge in [0.15, 0.2) is 11.6 Å². The topological polar surface area (TPSA) is 79.6 Å². The van der Waals surface area contributed by atoms with Crippen LogP contribution in [0.2, 0.25) is 5.02 Å². The van der Waals surface area contributed by atoms with Gasteiger partial charge in [0, 0.05) is 50.4 Å². The standard InChI is InChI=1S/C17H21ClN4O3/c1-24-11-8-20-16-14(17(23)22-9-6-19-7-10-22)15(25-21-16)12-2-4-13(18)5-3-12/h2-5,19H,6-11H2,1H3,(H,20,21). The minimum atomic E-state index is -0.0902. The number of benzene rings is 1. The number of nitrogens with zero attached hydrogens (tertiary/aromatic N) is 2. The fraction of sp³-hybridized carbons (Fsp3) is 0.412. The highest BCUT2D eigenvalue weighted by atomic mass is 35.5. The summed E-state index contributed by atoms with van der Waals surface area (Å²) in [7, 11) is 1.62. The average Bonchev–Trinajstić information content (AvgIpc) is 3.06. The van der Waals surface area contributed by atoms with E-state index in [1.807, 2.05) is 17.0 Å². The largest absolute Gasteiger partial charge is 0.383 e. The number of nitrogens with one attached hydrogen (secondary N) is 2. The molecule has 1 amide bonds. The fourth-order valence-electron chi connectivity index (χ4n) is 2.71. The molecule has 7 nitrogen and oxygen atoms in total. The maximum absolute atomic E-state index is 13.1. The van der Waals surface area contributed by atoms with Crippen molar-refractivity contribution in [3.8, 4) is 11.3 Å². The van der Waals surface area contributed by atoms with Crippen LogP contribution in [0.15, 0.2) is 28.8 Å². The third-order valence-corrected chi connectivity index (χ3v) is 4.27. The third-order valence-electron chi connectivity index (χ3n) is 4.02. The molecule has 0 bridgehead atoms. The Balaban J connectivity index is 1.93. The zero-order chi connectivity index (χ0) is 17.6. The van der Waals surface area contributed by atoms with Crippen LogP contribution in [0.5, 0.6) is 0 Å². The van der Waals surface area contributed by atoms with Crippen molar-refractivity contribution in [2.24, 2.45) is 0 Å². The van der Waals surface area contributed by atoms with Crippen LogP contribution in [-0.2, 0) is 4.74 Å². The Morgan fingerprint density at radius 1 is 1.36 bits per heavy atom. The van der Waals surface area contributed by atoms with Gasteiger partial charge in [-0.1, -0.05) is 16.8 Å². The molecule has 2 heterocycles. The van der Waals surface area contributed by atoms with Crippen LogP contribution in [0.1, 0.15) is 10.4 Å². The number of halogens is 1. The smallest absolute Gasteiger partial charge is 0.261 e. The lowest BCUT2D eigenvalue weighted by Crippen LogP contribution is -2.46. The van der Waals surface area contributed by atoms with E-state index in [4.69, 9.17) is 20.9 Å². The quantitative estimate of drug-likeness (QED) is 0.764. The Labute approximate surface area is 151 Å². The van der Waals surface area contributed by atoms with Crippen LogP contribution < -0.4 is 10.6 Å². The van der Waals surface area contributed by atoms with E-state index in [-0.39, 0.29) is 5.91 Å². The van der Waals surface area contributed by atoms with Gasteiger partial charge in [0.2, 0.25) is 0 Å². The second-order valence-corrected chi connectivity index (χ2v) is 6.14. The van der Waals surface area contributed by atoms with E-state index < -0.39 is 0 Å². The van der Waals surface area contributed by atoms with E-state index in [9.17, 15) is 4.79 Å². The number of hydrogen-bond acceptors (Lipinski definition) is 6. The number of carbonyl (C=O) groups excluding carboxylic acids is 1. The molecule has 0 spiro atoms. The predicted octanol–water partition coefficient (Wildman–Crippen LogP) is 2.10. The van der Waals surface area contributed by atoms with Gasteiger partial charge in [-0.15, -0.1) is 0 Å². The Morgan fingerprint density at radius 2 is 2.08 bits per heavy atom. The molecule has 2 N–H and O–H groups in total. The molecule has 0 saturated carbocycles. The molecule has 8 heteroatoms. The minimum Gasteiger partial charge on any atom is -0.383 e. The van der Waals surface area contributed by atoms with Crippen molar-refractivity contribution in [1.29, 1.82) is 0 Å². The molecular formula is C17H21ClN4O3. The predicted molar refractivity (Wildman–Crippen MR) is 96.1 cm³/mol. The number of carbonyl (C=O) groups is 1. The summed E-state index contributed by atoms with van der Waals surface area (Å²) in [6.45, 7) is 3.90. The highest BCUT2D eigenvalue weighted by Gasteiger charge is 2.28. The van der Waals surface area contributed by atoms with Crippen molar-refractivity contribution in [2.75, 3.05) is 51.8 Å². The first-order valence-electron chi connectivity index (χ1n) is 8.19. The van der Waals surface area contributed by atoms with Gasteiger partial charge in [0.25, 0.3) is 5.91 Å². The molecule has 1 aliphatic rings. The van der Waals surface area contributed by atoms with E-state index in [1.165, 1.54) is 0 Å². The fourth-order valence-corrected chi connectivity index (χ4v) is 2.83. The first-order chi connectivity index (χ1) is 12.2. The molecular weight excluding hydrogens is 344 g/mol. The van der Waals surface area contributed by atoms with Crippen molar-refractivity contribution in [3.05, 3.63) is 34.9 Å². The van der Waals surface area contributed by atoms with Gasteiger partial charge in [-0.05, 0) is 24.3 Å². The van der Waals surface area contributed by atoms with Gasteiger partial charge >= 0.3 is 0 Å². The first-order valence-corrected chi connectivity index (χ1v) is 8.57. The molecule has 3 rings (SSSR count). The number of ether oxygens (including phenoxy) is 1. The van der Waals surface area contributed by atoms with E-state index >= 15 is 0 Å². The van der Waals surface area contributed by atoms with Gasteiger partial charge in [0.1, 0.15) is 5.56 Å². The van der Waals surface area contributed by atoms with Gasteiger partial charge < -0.3 is 24.8 Å². The Kier molecular flexibility index (Phi) is 5.91. The monoisotopic (exact) mass is 364 g/mol. The zero-order valence-electron chi connectivity index (χ0n) is 14.0. The lowest BCUT2D eigenvalue weighted by atomic mass is 10.1. The number of rotatable bonds is 6. The van der Waals surface area contributed by atoms with E-state index in [2.05, 4.69) is 15.8 Å². The number of hydrogen-bond donors (Lipinski definition) is 2. The third kappa shape index (κ3) is 4.12. The molecule has 0 radical (unpaired) electrons. The van der Waals surface area contributed by atoms with Crippen molar-refractivity contribution < 1.29 is 14.1 Å². The SMILES string of the molecule is COCCNc1noc(-c2ccc(Cl)cc2)c1C(=O)N1CCNCC1. The van der Waals surface area contributed by atoms with Crippen LogP contribution in [0.3, 0.4) is 0 Å². The summed E-state index contributed by atoms with van der Waals surface area (Å²) in [6.07, 6.45) is 0. The molecule has 1 aliphatic heterocycles. The maximum atomic E-state index is 13.1.